The van der Waals surface area contributed by atoms with Gasteiger partial charge in [-0.15, -0.1) is 0 Å². The second kappa shape index (κ2) is 8.26. The maximum Gasteiger partial charge on any atom is 0.268 e. The number of epoxide rings is 1. The van der Waals surface area contributed by atoms with Crippen molar-refractivity contribution < 1.29 is 19.1 Å². The number of hydrogen-bond acceptors (Lipinski definition) is 5. The third-order valence-corrected chi connectivity index (χ3v) is 5.53. The molecule has 1 aliphatic heterocycles. The van der Waals surface area contributed by atoms with Crippen molar-refractivity contribution in [2.75, 3.05) is 6.61 Å². The van der Waals surface area contributed by atoms with Crippen molar-refractivity contribution >= 4 is 17.6 Å². The minimum Gasteiger partial charge on any atom is -0.361 e. The van der Waals surface area contributed by atoms with Gasteiger partial charge >= 0.3 is 0 Å². The number of carbonyl (C=O) groups excluding carboxylic acids is 3. The van der Waals surface area contributed by atoms with Crippen LogP contribution in [0.5, 0.6) is 0 Å². The molecule has 1 aromatic heterocycles. The Morgan fingerprint density at radius 2 is 1.93 bits per heavy atom. The van der Waals surface area contributed by atoms with Gasteiger partial charge in [0.1, 0.15) is 17.3 Å². The summed E-state index contributed by atoms with van der Waals surface area (Å²) in [5.74, 6) is -0.696. The van der Waals surface area contributed by atoms with E-state index in [9.17, 15) is 19.2 Å². The molecule has 0 bridgehead atoms. The Bertz CT molecular complexity index is 808. The molecule has 8 heteroatoms. The third kappa shape index (κ3) is 4.86. The Morgan fingerprint density at radius 1 is 1.25 bits per heavy atom. The molecule has 0 spiro atoms. The van der Waals surface area contributed by atoms with Gasteiger partial charge in [-0.05, 0) is 32.3 Å². The molecular formula is C20H27N3O5. The fourth-order valence-electron chi connectivity index (χ4n) is 3.65. The monoisotopic (exact) mass is 389 g/mol. The Kier molecular flexibility index (Phi) is 5.98. The van der Waals surface area contributed by atoms with Crippen LogP contribution in [0.3, 0.4) is 0 Å². The zero-order valence-corrected chi connectivity index (χ0v) is 16.2. The van der Waals surface area contributed by atoms with Gasteiger partial charge in [0.25, 0.3) is 5.91 Å². The number of hydrogen-bond donors (Lipinski definition) is 3. The first kappa shape index (κ1) is 20.3. The van der Waals surface area contributed by atoms with Gasteiger partial charge in [0, 0.05) is 6.07 Å². The standard InChI is InChI=1S/C20H27N3O5/c1-12(21-19(27)14-8-5-9-16(24)22-14)18(26)23-15(10-13-6-3-4-7-13)17(25)20(2)11-28-20/h5,8-9,12-13,15H,3-4,6-7,10-11H2,1-2H3,(H,21,27)(H,22,24)(H,23,26)/t12-,15-,20-/m0/s1. The van der Waals surface area contributed by atoms with Crippen molar-refractivity contribution in [1.82, 2.24) is 15.6 Å². The van der Waals surface area contributed by atoms with Crippen LogP contribution in [0, 0.1) is 5.92 Å². The molecule has 2 heterocycles. The summed E-state index contributed by atoms with van der Waals surface area (Å²) in [6.07, 6.45) is 5.01. The number of ether oxygens (including phenoxy) is 1. The quantitative estimate of drug-likeness (QED) is 0.571. The lowest BCUT2D eigenvalue weighted by Gasteiger charge is -2.24. The summed E-state index contributed by atoms with van der Waals surface area (Å²) in [5, 5.41) is 5.35. The van der Waals surface area contributed by atoms with E-state index in [-0.39, 0.29) is 11.5 Å². The van der Waals surface area contributed by atoms with Crippen LogP contribution in [-0.4, -0.2) is 46.9 Å². The van der Waals surface area contributed by atoms with Crippen molar-refractivity contribution in [2.24, 2.45) is 5.92 Å². The Morgan fingerprint density at radius 3 is 2.54 bits per heavy atom. The number of ketones is 1. The summed E-state index contributed by atoms with van der Waals surface area (Å²) in [5.41, 5.74) is -1.14. The number of aromatic nitrogens is 1. The average molecular weight is 389 g/mol. The van der Waals surface area contributed by atoms with Gasteiger partial charge in [0.15, 0.2) is 5.78 Å². The second-order valence-corrected chi connectivity index (χ2v) is 7.95. The summed E-state index contributed by atoms with van der Waals surface area (Å²) in [6.45, 7) is 3.65. The fourth-order valence-corrected chi connectivity index (χ4v) is 3.65. The minimum absolute atomic E-state index is 0.0737. The van der Waals surface area contributed by atoms with E-state index >= 15 is 0 Å². The molecular weight excluding hydrogens is 362 g/mol. The highest BCUT2D eigenvalue weighted by atomic mass is 16.6. The van der Waals surface area contributed by atoms with Crippen LogP contribution in [0.2, 0.25) is 0 Å². The molecule has 3 atom stereocenters. The van der Waals surface area contributed by atoms with Crippen LogP contribution in [-0.2, 0) is 14.3 Å². The van der Waals surface area contributed by atoms with E-state index < -0.39 is 35.1 Å². The molecule has 1 aromatic rings. The van der Waals surface area contributed by atoms with Crippen LogP contribution in [0.15, 0.2) is 23.0 Å². The van der Waals surface area contributed by atoms with E-state index in [4.69, 9.17) is 4.74 Å². The number of rotatable bonds is 8. The Hall–Kier alpha value is -2.48. The van der Waals surface area contributed by atoms with Gasteiger partial charge in [-0.3, -0.25) is 19.2 Å². The van der Waals surface area contributed by atoms with Crippen LogP contribution in [0.1, 0.15) is 56.4 Å². The van der Waals surface area contributed by atoms with E-state index in [1.54, 1.807) is 13.8 Å². The average Bonchev–Trinajstić information content (AvgIpc) is 3.20. The van der Waals surface area contributed by atoms with Crippen molar-refractivity contribution in [3.8, 4) is 0 Å². The molecule has 28 heavy (non-hydrogen) atoms. The predicted octanol–water partition coefficient (Wildman–Crippen LogP) is 0.916. The van der Waals surface area contributed by atoms with Crippen molar-refractivity contribution in [3.05, 3.63) is 34.2 Å². The third-order valence-electron chi connectivity index (χ3n) is 5.53. The number of pyridine rings is 1. The van der Waals surface area contributed by atoms with Crippen LogP contribution >= 0.6 is 0 Å². The molecule has 3 rings (SSSR count). The molecule has 0 unspecified atom stereocenters. The summed E-state index contributed by atoms with van der Waals surface area (Å²) >= 11 is 0. The summed E-state index contributed by atoms with van der Waals surface area (Å²) in [4.78, 5) is 51.4. The second-order valence-electron chi connectivity index (χ2n) is 7.95. The molecule has 152 valence electrons. The van der Waals surface area contributed by atoms with Crippen molar-refractivity contribution in [2.45, 2.75) is 63.6 Å². The van der Waals surface area contributed by atoms with Crippen LogP contribution in [0.25, 0.3) is 0 Å². The van der Waals surface area contributed by atoms with E-state index in [2.05, 4.69) is 15.6 Å². The first-order valence-electron chi connectivity index (χ1n) is 9.77. The number of carbonyl (C=O) groups is 3. The Labute approximate surface area is 163 Å². The maximum absolute atomic E-state index is 12.8. The molecule has 2 aliphatic rings. The van der Waals surface area contributed by atoms with Gasteiger partial charge in [0.05, 0.1) is 12.6 Å². The first-order chi connectivity index (χ1) is 13.3. The number of Topliss-reactive ketones (excluding diaryl/α,β-unsaturated/α-hetero) is 1. The van der Waals surface area contributed by atoms with E-state index in [1.807, 2.05) is 0 Å². The lowest BCUT2D eigenvalue weighted by atomic mass is 9.91. The molecule has 3 N–H and O–H groups in total. The normalized spacial score (nSPS) is 23.6. The van der Waals surface area contributed by atoms with Gasteiger partial charge in [-0.2, -0.15) is 0 Å². The van der Waals surface area contributed by atoms with Gasteiger partial charge < -0.3 is 20.4 Å². The molecule has 1 aliphatic carbocycles. The predicted molar refractivity (Wildman–Crippen MR) is 102 cm³/mol. The van der Waals surface area contributed by atoms with Gasteiger partial charge in [-0.1, -0.05) is 31.7 Å². The first-order valence-corrected chi connectivity index (χ1v) is 9.77. The summed E-state index contributed by atoms with van der Waals surface area (Å²) in [6, 6.07) is 2.73. The van der Waals surface area contributed by atoms with Crippen molar-refractivity contribution in [1.29, 1.82) is 0 Å². The summed E-state index contributed by atoms with van der Waals surface area (Å²) in [7, 11) is 0. The van der Waals surface area contributed by atoms with Crippen LogP contribution < -0.4 is 16.2 Å². The molecule has 8 nitrogen and oxygen atoms in total. The molecule has 1 saturated heterocycles. The molecule has 2 amide bonds. The smallest absolute Gasteiger partial charge is 0.268 e. The highest BCUT2D eigenvalue weighted by Crippen LogP contribution is 2.33. The molecule has 0 radical (unpaired) electrons. The van der Waals surface area contributed by atoms with Gasteiger partial charge in [-0.25, -0.2) is 0 Å². The number of H-pyrrole nitrogens is 1. The minimum atomic E-state index is -0.858. The largest absolute Gasteiger partial charge is 0.361 e. The highest BCUT2D eigenvalue weighted by molar-refractivity contribution is 5.99. The molecule has 1 saturated carbocycles. The Balaban J connectivity index is 1.62. The fraction of sp³-hybridized carbons (Fsp3) is 0.600. The number of amides is 2. The maximum atomic E-state index is 12.8. The van der Waals surface area contributed by atoms with E-state index in [1.165, 1.54) is 18.2 Å². The zero-order valence-electron chi connectivity index (χ0n) is 16.2. The summed E-state index contributed by atoms with van der Waals surface area (Å²) < 4.78 is 5.27. The van der Waals surface area contributed by atoms with Crippen LogP contribution in [0.4, 0.5) is 0 Å². The van der Waals surface area contributed by atoms with Crippen molar-refractivity contribution in [3.63, 3.8) is 0 Å². The SMILES string of the molecule is C[C@H](NC(=O)c1cccc(=O)[nH]1)C(=O)N[C@@H](CC1CCCC1)C(=O)[C@]1(C)CO1. The zero-order chi connectivity index (χ0) is 20.3. The highest BCUT2D eigenvalue weighted by Gasteiger charge is 2.50. The topological polar surface area (TPSA) is 121 Å². The van der Waals surface area contributed by atoms with E-state index in [0.29, 0.717) is 18.9 Å². The van der Waals surface area contributed by atoms with E-state index in [0.717, 1.165) is 25.7 Å². The molecule has 0 aromatic carbocycles. The molecule has 2 fully saturated rings. The number of aromatic amines is 1. The lowest BCUT2D eigenvalue weighted by Crippen LogP contribution is -2.53. The van der Waals surface area contributed by atoms with Gasteiger partial charge in [0.2, 0.25) is 11.5 Å². The lowest BCUT2D eigenvalue weighted by molar-refractivity contribution is -0.131. The number of nitrogens with one attached hydrogen (secondary N) is 3.